The molecule has 0 aliphatic carbocycles. The fraction of sp³-hybridized carbons (Fsp3) is 0.500. The number of nitrogens with two attached hydrogens (primary N) is 1. The lowest BCUT2D eigenvalue weighted by molar-refractivity contribution is 0.169. The Hall–Kier alpha value is -0.780. The molecule has 0 amide bonds. The fourth-order valence-corrected chi connectivity index (χ4v) is 2.82. The van der Waals surface area contributed by atoms with Crippen LogP contribution in [0.3, 0.4) is 0 Å². The molecule has 4 nitrogen and oxygen atoms in total. The zero-order valence-electron chi connectivity index (χ0n) is 9.70. The molecule has 1 aliphatic rings. The van der Waals surface area contributed by atoms with Crippen molar-refractivity contribution in [2.75, 3.05) is 19.8 Å². The highest BCUT2D eigenvalue weighted by Gasteiger charge is 2.23. The highest BCUT2D eigenvalue weighted by Crippen LogP contribution is 2.42. The minimum Gasteiger partial charge on any atom is -0.486 e. The molecule has 0 spiro atoms. The van der Waals surface area contributed by atoms with Crippen LogP contribution in [-0.4, -0.2) is 24.9 Å². The molecule has 0 radical (unpaired) electrons. The largest absolute Gasteiger partial charge is 0.486 e. The van der Waals surface area contributed by atoms with Crippen LogP contribution in [0, 0.1) is 0 Å². The van der Waals surface area contributed by atoms with E-state index in [9.17, 15) is 5.11 Å². The first-order valence-electron chi connectivity index (χ1n) is 5.66. The normalized spacial score (nSPS) is 15.8. The second-order valence-electron chi connectivity index (χ2n) is 3.92. The molecule has 2 rings (SSSR count). The lowest BCUT2D eigenvalue weighted by atomic mass is 9.97. The van der Waals surface area contributed by atoms with E-state index < -0.39 is 6.04 Å². The summed E-state index contributed by atoms with van der Waals surface area (Å²) < 4.78 is 12.1. The zero-order valence-corrected chi connectivity index (χ0v) is 11.3. The van der Waals surface area contributed by atoms with Crippen molar-refractivity contribution in [2.45, 2.75) is 19.4 Å². The van der Waals surface area contributed by atoms with Crippen LogP contribution in [0.5, 0.6) is 11.5 Å². The van der Waals surface area contributed by atoms with Crippen LogP contribution in [-0.2, 0) is 6.42 Å². The lowest BCUT2D eigenvalue weighted by Crippen LogP contribution is -2.21. The first kappa shape index (κ1) is 12.7. The van der Waals surface area contributed by atoms with Gasteiger partial charge in [-0.05, 0) is 18.1 Å². The molecular weight excluding hydrogens is 286 g/mol. The quantitative estimate of drug-likeness (QED) is 0.893. The number of benzene rings is 1. The maximum atomic E-state index is 9.22. The van der Waals surface area contributed by atoms with Crippen molar-refractivity contribution in [3.05, 3.63) is 21.7 Å². The van der Waals surface area contributed by atoms with E-state index in [0.717, 1.165) is 33.5 Å². The smallest absolute Gasteiger partial charge is 0.164 e. The number of ether oxygens (including phenoxy) is 2. The van der Waals surface area contributed by atoms with Crippen molar-refractivity contribution in [2.24, 2.45) is 5.73 Å². The molecule has 0 saturated heterocycles. The molecule has 1 aliphatic heterocycles. The van der Waals surface area contributed by atoms with Gasteiger partial charge in [0.05, 0.1) is 12.6 Å². The predicted molar refractivity (Wildman–Crippen MR) is 68.5 cm³/mol. The second kappa shape index (κ2) is 5.25. The van der Waals surface area contributed by atoms with Crippen LogP contribution >= 0.6 is 15.9 Å². The van der Waals surface area contributed by atoms with E-state index in [-0.39, 0.29) is 6.61 Å². The molecule has 17 heavy (non-hydrogen) atoms. The Labute approximate surface area is 109 Å². The molecule has 94 valence electrons. The Kier molecular flexibility index (Phi) is 3.91. The standard InChI is InChI=1S/C12H16BrNO3/c1-2-7-11(9(14)6-15)8(13)5-10-12(7)17-4-3-16-10/h5,9,15H,2-4,6,14H2,1H3. The van der Waals surface area contributed by atoms with Crippen LogP contribution in [0.25, 0.3) is 0 Å². The molecule has 0 fully saturated rings. The highest BCUT2D eigenvalue weighted by atomic mass is 79.9. The van der Waals surface area contributed by atoms with Crippen molar-refractivity contribution in [1.82, 2.24) is 0 Å². The van der Waals surface area contributed by atoms with E-state index >= 15 is 0 Å². The first-order valence-corrected chi connectivity index (χ1v) is 6.45. The number of hydrogen-bond donors (Lipinski definition) is 2. The van der Waals surface area contributed by atoms with Crippen molar-refractivity contribution in [3.63, 3.8) is 0 Å². The van der Waals surface area contributed by atoms with Crippen LogP contribution in [0.2, 0.25) is 0 Å². The van der Waals surface area contributed by atoms with E-state index in [1.54, 1.807) is 0 Å². The number of aliphatic hydroxyl groups excluding tert-OH is 1. The summed E-state index contributed by atoms with van der Waals surface area (Å²) in [4.78, 5) is 0. The van der Waals surface area contributed by atoms with Gasteiger partial charge in [0.15, 0.2) is 11.5 Å². The van der Waals surface area contributed by atoms with E-state index in [1.165, 1.54) is 0 Å². The first-order chi connectivity index (χ1) is 8.19. The number of halogens is 1. The van der Waals surface area contributed by atoms with Crippen LogP contribution in [0.4, 0.5) is 0 Å². The van der Waals surface area contributed by atoms with Gasteiger partial charge in [0.1, 0.15) is 13.2 Å². The van der Waals surface area contributed by atoms with Gasteiger partial charge in [0.2, 0.25) is 0 Å². The molecule has 3 N–H and O–H groups in total. The maximum absolute atomic E-state index is 9.22. The topological polar surface area (TPSA) is 64.7 Å². The lowest BCUT2D eigenvalue weighted by Gasteiger charge is -2.25. The Morgan fingerprint density at radius 3 is 2.82 bits per heavy atom. The van der Waals surface area contributed by atoms with E-state index in [1.807, 2.05) is 13.0 Å². The van der Waals surface area contributed by atoms with Crippen molar-refractivity contribution >= 4 is 15.9 Å². The van der Waals surface area contributed by atoms with Gasteiger partial charge in [-0.3, -0.25) is 0 Å². The summed E-state index contributed by atoms with van der Waals surface area (Å²) in [6.07, 6.45) is 0.786. The summed E-state index contributed by atoms with van der Waals surface area (Å²) in [6, 6.07) is 1.45. The highest BCUT2D eigenvalue weighted by molar-refractivity contribution is 9.10. The molecular formula is C12H16BrNO3. The third kappa shape index (κ3) is 2.27. The van der Waals surface area contributed by atoms with Crippen LogP contribution < -0.4 is 15.2 Å². The van der Waals surface area contributed by atoms with Crippen molar-refractivity contribution in [1.29, 1.82) is 0 Å². The fourth-order valence-electron chi connectivity index (χ4n) is 2.08. The molecule has 1 aromatic rings. The van der Waals surface area contributed by atoms with Crippen molar-refractivity contribution in [3.8, 4) is 11.5 Å². The third-order valence-corrected chi connectivity index (χ3v) is 3.50. The average Bonchev–Trinajstić information content (AvgIpc) is 2.36. The molecule has 0 saturated carbocycles. The van der Waals surface area contributed by atoms with Gasteiger partial charge < -0.3 is 20.3 Å². The van der Waals surface area contributed by atoms with E-state index in [0.29, 0.717) is 13.2 Å². The predicted octanol–water partition coefficient (Wildman–Crippen LogP) is 1.77. The summed E-state index contributed by atoms with van der Waals surface area (Å²) in [5, 5.41) is 9.22. The van der Waals surface area contributed by atoms with Gasteiger partial charge in [-0.2, -0.15) is 0 Å². The summed E-state index contributed by atoms with van der Waals surface area (Å²) in [5.74, 6) is 1.51. The molecule has 1 unspecified atom stereocenters. The van der Waals surface area contributed by atoms with Gasteiger partial charge in [0.25, 0.3) is 0 Å². The number of fused-ring (bicyclic) bond motifs is 1. The number of hydrogen-bond acceptors (Lipinski definition) is 4. The van der Waals surface area contributed by atoms with Gasteiger partial charge >= 0.3 is 0 Å². The molecule has 1 atom stereocenters. The van der Waals surface area contributed by atoms with E-state index in [4.69, 9.17) is 15.2 Å². The van der Waals surface area contributed by atoms with Gasteiger partial charge in [-0.15, -0.1) is 0 Å². The number of rotatable bonds is 3. The Balaban J connectivity index is 2.58. The summed E-state index contributed by atoms with van der Waals surface area (Å²) in [5.41, 5.74) is 7.84. The Morgan fingerprint density at radius 1 is 1.47 bits per heavy atom. The van der Waals surface area contributed by atoms with Gasteiger partial charge in [-0.1, -0.05) is 22.9 Å². The molecule has 1 heterocycles. The summed E-state index contributed by atoms with van der Waals surface area (Å²) in [6.45, 7) is 3.06. The Morgan fingerprint density at radius 2 is 2.18 bits per heavy atom. The molecule has 1 aromatic carbocycles. The maximum Gasteiger partial charge on any atom is 0.164 e. The Bertz CT molecular complexity index is 423. The SMILES string of the molecule is CCc1c2c(cc(Br)c1C(N)CO)OCCO2. The summed E-state index contributed by atoms with van der Waals surface area (Å²) in [7, 11) is 0. The van der Waals surface area contributed by atoms with Crippen molar-refractivity contribution < 1.29 is 14.6 Å². The number of aliphatic hydroxyl groups is 1. The second-order valence-corrected chi connectivity index (χ2v) is 4.77. The molecule has 0 aromatic heterocycles. The monoisotopic (exact) mass is 301 g/mol. The summed E-state index contributed by atoms with van der Waals surface area (Å²) >= 11 is 3.48. The van der Waals surface area contributed by atoms with Crippen LogP contribution in [0.15, 0.2) is 10.5 Å². The van der Waals surface area contributed by atoms with Gasteiger partial charge in [-0.25, -0.2) is 0 Å². The third-order valence-electron chi connectivity index (χ3n) is 2.85. The van der Waals surface area contributed by atoms with Gasteiger partial charge in [0, 0.05) is 10.0 Å². The average molecular weight is 302 g/mol. The molecule has 0 bridgehead atoms. The molecule has 5 heteroatoms. The zero-order chi connectivity index (χ0) is 12.4. The minimum absolute atomic E-state index is 0.0920. The van der Waals surface area contributed by atoms with E-state index in [2.05, 4.69) is 15.9 Å². The van der Waals surface area contributed by atoms with Crippen LogP contribution in [0.1, 0.15) is 24.1 Å². The minimum atomic E-state index is -0.407.